The zero-order valence-corrected chi connectivity index (χ0v) is 17.2. The fraction of sp³-hybridized carbons (Fsp3) is 0.300. The number of ether oxygens (including phenoxy) is 2. The predicted octanol–water partition coefficient (Wildman–Crippen LogP) is 3.69. The highest BCUT2D eigenvalue weighted by molar-refractivity contribution is 9.10. The maximum absolute atomic E-state index is 12.4. The van der Waals surface area contributed by atoms with E-state index in [1.54, 1.807) is 18.2 Å². The molecular weight excluding hydrogens is 412 g/mol. The molecule has 2 aromatic rings. The third-order valence-corrected chi connectivity index (χ3v) is 4.15. The first-order valence-electron chi connectivity index (χ1n) is 8.62. The minimum absolute atomic E-state index is 0.206. The molecule has 0 aliphatic rings. The summed E-state index contributed by atoms with van der Waals surface area (Å²) in [6.07, 6.45) is 0.823. The number of benzene rings is 2. The summed E-state index contributed by atoms with van der Waals surface area (Å²) in [4.78, 5) is 24.3. The lowest BCUT2D eigenvalue weighted by atomic mass is 10.1. The molecule has 0 saturated heterocycles. The van der Waals surface area contributed by atoms with Crippen LogP contribution in [-0.2, 0) is 4.79 Å². The molecular formula is C20H23BrN2O4. The summed E-state index contributed by atoms with van der Waals surface area (Å²) < 4.78 is 11.8. The van der Waals surface area contributed by atoms with Gasteiger partial charge in [0.25, 0.3) is 11.8 Å². The Morgan fingerprint density at radius 1 is 1.00 bits per heavy atom. The van der Waals surface area contributed by atoms with Gasteiger partial charge in [0.2, 0.25) is 0 Å². The SMILES string of the molecule is CCCOc1ccc(Br)cc1C(=O)NNC(=O)COc1ccc(C)cc1C. The first-order chi connectivity index (χ1) is 12.9. The third kappa shape index (κ3) is 6.29. The van der Waals surface area contributed by atoms with Crippen molar-refractivity contribution in [1.82, 2.24) is 10.9 Å². The van der Waals surface area contributed by atoms with Gasteiger partial charge in [-0.25, -0.2) is 0 Å². The zero-order chi connectivity index (χ0) is 19.8. The minimum Gasteiger partial charge on any atom is -0.493 e. The topological polar surface area (TPSA) is 76.7 Å². The lowest BCUT2D eigenvalue weighted by Crippen LogP contribution is -2.44. The summed E-state index contributed by atoms with van der Waals surface area (Å²) in [7, 11) is 0. The van der Waals surface area contributed by atoms with Crippen molar-refractivity contribution >= 4 is 27.7 Å². The van der Waals surface area contributed by atoms with Crippen LogP contribution in [0.4, 0.5) is 0 Å². The Hall–Kier alpha value is -2.54. The second-order valence-corrected chi connectivity index (χ2v) is 6.96. The van der Waals surface area contributed by atoms with E-state index in [1.807, 2.05) is 39.0 Å². The fourth-order valence-electron chi connectivity index (χ4n) is 2.35. The Morgan fingerprint density at radius 2 is 1.74 bits per heavy atom. The van der Waals surface area contributed by atoms with Gasteiger partial charge in [-0.1, -0.05) is 40.5 Å². The zero-order valence-electron chi connectivity index (χ0n) is 15.6. The molecule has 2 N–H and O–H groups in total. The quantitative estimate of drug-likeness (QED) is 0.651. The number of halogens is 1. The first kappa shape index (κ1) is 20.8. The Kier molecular flexibility index (Phi) is 7.67. The van der Waals surface area contributed by atoms with E-state index in [0.717, 1.165) is 22.0 Å². The van der Waals surface area contributed by atoms with E-state index in [2.05, 4.69) is 26.8 Å². The summed E-state index contributed by atoms with van der Waals surface area (Å²) in [6.45, 7) is 6.17. The standard InChI is InChI=1S/C20H23BrN2O4/c1-4-9-26-18-8-6-15(21)11-16(18)20(25)23-22-19(24)12-27-17-7-5-13(2)10-14(17)3/h5-8,10-11H,4,9,12H2,1-3H3,(H,22,24)(H,23,25). The molecule has 0 unspecified atom stereocenters. The molecule has 0 radical (unpaired) electrons. The van der Waals surface area contributed by atoms with Gasteiger partial charge in [-0.15, -0.1) is 0 Å². The van der Waals surface area contributed by atoms with Crippen molar-refractivity contribution in [3.8, 4) is 11.5 Å². The third-order valence-electron chi connectivity index (χ3n) is 3.65. The number of amides is 2. The summed E-state index contributed by atoms with van der Waals surface area (Å²) in [5.74, 6) is 0.152. The normalized spacial score (nSPS) is 10.2. The van der Waals surface area contributed by atoms with Crippen molar-refractivity contribution in [3.05, 3.63) is 57.6 Å². The molecule has 6 nitrogen and oxygen atoms in total. The molecule has 2 amide bonds. The Bertz CT molecular complexity index is 824. The highest BCUT2D eigenvalue weighted by Gasteiger charge is 2.14. The van der Waals surface area contributed by atoms with Crippen molar-refractivity contribution in [3.63, 3.8) is 0 Å². The van der Waals surface area contributed by atoms with Gasteiger partial charge in [0.05, 0.1) is 12.2 Å². The Balaban J connectivity index is 1.91. The van der Waals surface area contributed by atoms with Crippen LogP contribution in [0.25, 0.3) is 0 Å². The molecule has 0 aliphatic heterocycles. The predicted molar refractivity (Wildman–Crippen MR) is 107 cm³/mol. The van der Waals surface area contributed by atoms with Crippen LogP contribution in [0.2, 0.25) is 0 Å². The van der Waals surface area contributed by atoms with Crippen molar-refractivity contribution in [2.24, 2.45) is 0 Å². The number of hydrogen-bond donors (Lipinski definition) is 2. The van der Waals surface area contributed by atoms with Crippen LogP contribution in [0.5, 0.6) is 11.5 Å². The van der Waals surface area contributed by atoms with Gasteiger partial charge in [-0.2, -0.15) is 0 Å². The van der Waals surface area contributed by atoms with E-state index in [9.17, 15) is 9.59 Å². The number of carbonyl (C=O) groups excluding carboxylic acids is 2. The molecule has 0 bridgehead atoms. The number of rotatable bonds is 7. The number of hydrazine groups is 1. The molecule has 144 valence electrons. The van der Waals surface area contributed by atoms with Crippen LogP contribution in [0, 0.1) is 13.8 Å². The average Bonchev–Trinajstić information content (AvgIpc) is 2.64. The van der Waals surface area contributed by atoms with Gasteiger partial charge < -0.3 is 9.47 Å². The largest absolute Gasteiger partial charge is 0.493 e. The Morgan fingerprint density at radius 3 is 2.44 bits per heavy atom. The van der Waals surface area contributed by atoms with E-state index >= 15 is 0 Å². The summed E-state index contributed by atoms with van der Waals surface area (Å²) in [5.41, 5.74) is 7.12. The highest BCUT2D eigenvalue weighted by Crippen LogP contribution is 2.23. The van der Waals surface area contributed by atoms with Crippen LogP contribution in [0.3, 0.4) is 0 Å². The van der Waals surface area contributed by atoms with Gasteiger partial charge in [-0.05, 0) is 50.1 Å². The minimum atomic E-state index is -0.470. The van der Waals surface area contributed by atoms with Gasteiger partial charge in [0.15, 0.2) is 6.61 Å². The van der Waals surface area contributed by atoms with Crippen molar-refractivity contribution in [1.29, 1.82) is 0 Å². The second kappa shape index (κ2) is 9.97. The number of hydrogen-bond acceptors (Lipinski definition) is 4. The molecule has 0 aromatic heterocycles. The van der Waals surface area contributed by atoms with Crippen molar-refractivity contribution in [2.45, 2.75) is 27.2 Å². The molecule has 2 aromatic carbocycles. The van der Waals surface area contributed by atoms with E-state index < -0.39 is 11.8 Å². The van der Waals surface area contributed by atoms with Crippen molar-refractivity contribution in [2.75, 3.05) is 13.2 Å². The van der Waals surface area contributed by atoms with E-state index in [0.29, 0.717) is 23.7 Å². The molecule has 7 heteroatoms. The molecule has 0 spiro atoms. The van der Waals surface area contributed by atoms with Crippen LogP contribution < -0.4 is 20.3 Å². The van der Waals surface area contributed by atoms with Gasteiger partial charge in [0, 0.05) is 4.47 Å². The van der Waals surface area contributed by atoms with Crippen LogP contribution in [0.1, 0.15) is 34.8 Å². The first-order valence-corrected chi connectivity index (χ1v) is 9.41. The smallest absolute Gasteiger partial charge is 0.276 e. The van der Waals surface area contributed by atoms with Gasteiger partial charge in [0.1, 0.15) is 11.5 Å². The maximum atomic E-state index is 12.4. The molecule has 0 aliphatic carbocycles. The fourth-order valence-corrected chi connectivity index (χ4v) is 2.71. The summed E-state index contributed by atoms with van der Waals surface area (Å²) in [5, 5.41) is 0. The van der Waals surface area contributed by atoms with Crippen LogP contribution in [0.15, 0.2) is 40.9 Å². The monoisotopic (exact) mass is 434 g/mol. The van der Waals surface area contributed by atoms with E-state index in [4.69, 9.17) is 9.47 Å². The van der Waals surface area contributed by atoms with Crippen LogP contribution >= 0.6 is 15.9 Å². The number of carbonyl (C=O) groups is 2. The average molecular weight is 435 g/mol. The molecule has 0 saturated carbocycles. The van der Waals surface area contributed by atoms with Gasteiger partial charge >= 0.3 is 0 Å². The Labute approximate surface area is 167 Å². The van der Waals surface area contributed by atoms with Crippen molar-refractivity contribution < 1.29 is 19.1 Å². The molecule has 27 heavy (non-hydrogen) atoms. The molecule has 0 fully saturated rings. The lowest BCUT2D eigenvalue weighted by Gasteiger charge is -2.13. The molecule has 0 heterocycles. The van der Waals surface area contributed by atoms with E-state index in [-0.39, 0.29) is 6.61 Å². The van der Waals surface area contributed by atoms with E-state index in [1.165, 1.54) is 0 Å². The van der Waals surface area contributed by atoms with Crippen LogP contribution in [-0.4, -0.2) is 25.0 Å². The lowest BCUT2D eigenvalue weighted by molar-refractivity contribution is -0.123. The maximum Gasteiger partial charge on any atom is 0.276 e. The molecule has 0 atom stereocenters. The summed E-state index contributed by atoms with van der Waals surface area (Å²) in [6, 6.07) is 10.8. The molecule has 2 rings (SSSR count). The summed E-state index contributed by atoms with van der Waals surface area (Å²) >= 11 is 3.33. The number of nitrogens with one attached hydrogen (secondary N) is 2. The second-order valence-electron chi connectivity index (χ2n) is 6.05. The van der Waals surface area contributed by atoms with Gasteiger partial charge in [-0.3, -0.25) is 20.4 Å². The number of aryl methyl sites for hydroxylation is 2. The highest BCUT2D eigenvalue weighted by atomic mass is 79.9.